The highest BCUT2D eigenvalue weighted by Crippen LogP contribution is 2.05. The topological polar surface area (TPSA) is 27.3 Å². The van der Waals surface area contributed by atoms with Gasteiger partial charge in [-0.3, -0.25) is 0 Å². The monoisotopic (exact) mass is 241 g/mol. The maximum absolute atomic E-state index is 3.65. The third kappa shape index (κ3) is 6.39. The number of nitrogens with zero attached hydrogens (tertiary/aromatic N) is 1. The summed E-state index contributed by atoms with van der Waals surface area (Å²) in [6.07, 6.45) is 5.30. The average Bonchev–Trinajstić information content (AvgIpc) is 2.85. The molecule has 2 atom stereocenters. The van der Waals surface area contributed by atoms with E-state index in [1.807, 2.05) is 0 Å². The van der Waals surface area contributed by atoms with Gasteiger partial charge in [-0.2, -0.15) is 0 Å². The van der Waals surface area contributed by atoms with Crippen molar-refractivity contribution in [1.82, 2.24) is 15.5 Å². The molecule has 3 nitrogen and oxygen atoms in total. The molecule has 0 spiro atoms. The number of hydrogen-bond donors (Lipinski definition) is 2. The SMILES string of the molecule is CCN(CC)CCCC(C)NCC1CCCN1. The Hall–Kier alpha value is -0.120. The smallest absolute Gasteiger partial charge is 0.0193 e. The van der Waals surface area contributed by atoms with Crippen molar-refractivity contribution in [2.75, 3.05) is 32.7 Å². The molecule has 0 radical (unpaired) electrons. The van der Waals surface area contributed by atoms with Crippen molar-refractivity contribution in [2.24, 2.45) is 0 Å². The van der Waals surface area contributed by atoms with E-state index >= 15 is 0 Å². The second-order valence-corrected chi connectivity index (χ2v) is 5.27. The zero-order chi connectivity index (χ0) is 12.5. The lowest BCUT2D eigenvalue weighted by atomic mass is 10.1. The van der Waals surface area contributed by atoms with E-state index in [2.05, 4.69) is 36.3 Å². The molecule has 0 saturated carbocycles. The largest absolute Gasteiger partial charge is 0.313 e. The zero-order valence-electron chi connectivity index (χ0n) is 12.0. The van der Waals surface area contributed by atoms with Crippen LogP contribution in [0, 0.1) is 0 Å². The number of rotatable bonds is 9. The first-order chi connectivity index (χ1) is 8.26. The molecule has 0 aromatic heterocycles. The van der Waals surface area contributed by atoms with E-state index in [4.69, 9.17) is 0 Å². The molecule has 17 heavy (non-hydrogen) atoms. The highest BCUT2D eigenvalue weighted by molar-refractivity contribution is 4.77. The summed E-state index contributed by atoms with van der Waals surface area (Å²) in [5.41, 5.74) is 0. The van der Waals surface area contributed by atoms with E-state index in [-0.39, 0.29) is 0 Å². The highest BCUT2D eigenvalue weighted by atomic mass is 15.1. The molecule has 2 N–H and O–H groups in total. The van der Waals surface area contributed by atoms with Gasteiger partial charge in [-0.1, -0.05) is 13.8 Å². The van der Waals surface area contributed by atoms with Gasteiger partial charge in [0.15, 0.2) is 0 Å². The molecule has 1 saturated heterocycles. The fourth-order valence-electron chi connectivity index (χ4n) is 2.54. The van der Waals surface area contributed by atoms with Gasteiger partial charge in [-0.15, -0.1) is 0 Å². The average molecular weight is 241 g/mol. The van der Waals surface area contributed by atoms with Gasteiger partial charge in [0, 0.05) is 18.6 Å². The summed E-state index contributed by atoms with van der Waals surface area (Å²) in [5.74, 6) is 0. The summed E-state index contributed by atoms with van der Waals surface area (Å²) < 4.78 is 0. The molecule has 0 amide bonds. The summed E-state index contributed by atoms with van der Waals surface area (Å²) >= 11 is 0. The predicted molar refractivity (Wildman–Crippen MR) is 75.5 cm³/mol. The van der Waals surface area contributed by atoms with Gasteiger partial charge in [-0.05, 0) is 58.8 Å². The van der Waals surface area contributed by atoms with Crippen LogP contribution in [-0.2, 0) is 0 Å². The van der Waals surface area contributed by atoms with Crippen molar-refractivity contribution in [2.45, 2.75) is 58.5 Å². The molecule has 102 valence electrons. The van der Waals surface area contributed by atoms with Gasteiger partial charge in [0.25, 0.3) is 0 Å². The first kappa shape index (κ1) is 14.9. The van der Waals surface area contributed by atoms with Crippen LogP contribution in [0.15, 0.2) is 0 Å². The van der Waals surface area contributed by atoms with Gasteiger partial charge in [0.2, 0.25) is 0 Å². The third-order valence-corrected chi connectivity index (χ3v) is 3.88. The molecule has 1 aliphatic heterocycles. The Morgan fingerprint density at radius 1 is 1.35 bits per heavy atom. The molecule has 1 rings (SSSR count). The maximum Gasteiger partial charge on any atom is 0.0193 e. The van der Waals surface area contributed by atoms with Gasteiger partial charge < -0.3 is 15.5 Å². The normalized spacial score (nSPS) is 22.2. The van der Waals surface area contributed by atoms with Crippen molar-refractivity contribution in [3.05, 3.63) is 0 Å². The van der Waals surface area contributed by atoms with E-state index in [9.17, 15) is 0 Å². The Bertz CT molecular complexity index is 174. The second kappa shape index (κ2) is 8.90. The van der Waals surface area contributed by atoms with Gasteiger partial charge in [0.05, 0.1) is 0 Å². The summed E-state index contributed by atoms with van der Waals surface area (Å²) in [4.78, 5) is 2.51. The van der Waals surface area contributed by atoms with Crippen molar-refractivity contribution >= 4 is 0 Å². The first-order valence-electron chi connectivity index (χ1n) is 7.45. The van der Waals surface area contributed by atoms with Crippen LogP contribution < -0.4 is 10.6 Å². The van der Waals surface area contributed by atoms with Crippen molar-refractivity contribution in [1.29, 1.82) is 0 Å². The van der Waals surface area contributed by atoms with E-state index < -0.39 is 0 Å². The summed E-state index contributed by atoms with van der Waals surface area (Å²) in [6.45, 7) is 12.8. The minimum atomic E-state index is 0.660. The van der Waals surface area contributed by atoms with Gasteiger partial charge >= 0.3 is 0 Å². The lowest BCUT2D eigenvalue weighted by molar-refractivity contribution is 0.290. The lowest BCUT2D eigenvalue weighted by Crippen LogP contribution is -2.38. The number of nitrogens with one attached hydrogen (secondary N) is 2. The van der Waals surface area contributed by atoms with Gasteiger partial charge in [-0.25, -0.2) is 0 Å². The Balaban J connectivity index is 1.98. The molecule has 0 bridgehead atoms. The van der Waals surface area contributed by atoms with Crippen LogP contribution >= 0.6 is 0 Å². The Labute approximate surface area is 107 Å². The molecular weight excluding hydrogens is 210 g/mol. The van der Waals surface area contributed by atoms with Crippen molar-refractivity contribution in [3.8, 4) is 0 Å². The summed E-state index contributed by atoms with van der Waals surface area (Å²) in [7, 11) is 0. The Kier molecular flexibility index (Phi) is 7.82. The van der Waals surface area contributed by atoms with Crippen LogP contribution in [0.4, 0.5) is 0 Å². The molecule has 1 fully saturated rings. The van der Waals surface area contributed by atoms with E-state index in [1.165, 1.54) is 51.9 Å². The fraction of sp³-hybridized carbons (Fsp3) is 1.00. The van der Waals surface area contributed by atoms with Crippen molar-refractivity contribution < 1.29 is 0 Å². The quantitative estimate of drug-likeness (QED) is 0.645. The molecule has 1 heterocycles. The van der Waals surface area contributed by atoms with Crippen LogP contribution in [0.25, 0.3) is 0 Å². The van der Waals surface area contributed by atoms with Crippen LogP contribution in [-0.4, -0.2) is 49.7 Å². The maximum atomic E-state index is 3.65. The van der Waals surface area contributed by atoms with Crippen LogP contribution in [0.3, 0.4) is 0 Å². The fourth-order valence-corrected chi connectivity index (χ4v) is 2.54. The molecule has 1 aliphatic rings. The molecule has 0 aliphatic carbocycles. The lowest BCUT2D eigenvalue weighted by Gasteiger charge is -2.21. The molecular formula is C14H31N3. The minimum absolute atomic E-state index is 0.660. The second-order valence-electron chi connectivity index (χ2n) is 5.27. The highest BCUT2D eigenvalue weighted by Gasteiger charge is 2.14. The van der Waals surface area contributed by atoms with E-state index in [0.29, 0.717) is 6.04 Å². The first-order valence-corrected chi connectivity index (χ1v) is 7.45. The van der Waals surface area contributed by atoms with Crippen LogP contribution in [0.2, 0.25) is 0 Å². The van der Waals surface area contributed by atoms with Crippen molar-refractivity contribution in [3.63, 3.8) is 0 Å². The summed E-state index contributed by atoms with van der Waals surface area (Å²) in [5, 5.41) is 7.19. The van der Waals surface area contributed by atoms with Gasteiger partial charge in [0.1, 0.15) is 0 Å². The van der Waals surface area contributed by atoms with Crippen LogP contribution in [0.1, 0.15) is 46.5 Å². The van der Waals surface area contributed by atoms with E-state index in [0.717, 1.165) is 12.6 Å². The third-order valence-electron chi connectivity index (χ3n) is 3.88. The Morgan fingerprint density at radius 3 is 2.71 bits per heavy atom. The summed E-state index contributed by atoms with van der Waals surface area (Å²) in [6, 6.07) is 1.38. The molecule has 0 aromatic carbocycles. The molecule has 2 unspecified atom stereocenters. The number of hydrogen-bond acceptors (Lipinski definition) is 3. The minimum Gasteiger partial charge on any atom is -0.313 e. The Morgan fingerprint density at radius 2 is 2.12 bits per heavy atom. The predicted octanol–water partition coefficient (Wildman–Crippen LogP) is 1.84. The molecule has 3 heteroatoms. The van der Waals surface area contributed by atoms with E-state index in [1.54, 1.807) is 0 Å². The molecule has 0 aromatic rings. The van der Waals surface area contributed by atoms with Crippen LogP contribution in [0.5, 0.6) is 0 Å². The zero-order valence-corrected chi connectivity index (χ0v) is 12.0. The standard InChI is InChI=1S/C14H31N3/c1-4-17(5-2)11-7-8-13(3)16-12-14-9-6-10-15-14/h13-16H,4-12H2,1-3H3.